The Morgan fingerprint density at radius 3 is 2.92 bits per heavy atom. The van der Waals surface area contributed by atoms with Crippen LogP contribution in [0.5, 0.6) is 0 Å². The van der Waals surface area contributed by atoms with Crippen molar-refractivity contribution >= 4 is 17.2 Å². The summed E-state index contributed by atoms with van der Waals surface area (Å²) < 4.78 is 0. The molecule has 1 aromatic rings. The maximum atomic E-state index is 8.80. The first-order valence-corrected chi connectivity index (χ1v) is 5.13. The second-order valence-corrected chi connectivity index (χ2v) is 4.18. The molecule has 1 heterocycles. The molecule has 1 rings (SSSR count). The third kappa shape index (κ3) is 2.43. The lowest BCUT2D eigenvalue weighted by Crippen LogP contribution is -2.14. The van der Waals surface area contributed by atoms with Gasteiger partial charge in [0.1, 0.15) is 10.9 Å². The van der Waals surface area contributed by atoms with Crippen LogP contribution in [0.2, 0.25) is 0 Å². The van der Waals surface area contributed by atoms with Crippen LogP contribution in [0.15, 0.2) is 0 Å². The number of rotatable bonds is 3. The zero-order valence-corrected chi connectivity index (χ0v) is 8.90. The largest absolute Gasteiger partial charge is 0.366 e. The maximum absolute atomic E-state index is 8.80. The average Bonchev–Trinajstić information content (AvgIpc) is 2.46. The van der Waals surface area contributed by atoms with Crippen LogP contribution in [0, 0.1) is 18.3 Å². The Kier molecular flexibility index (Phi) is 3.26. The first-order chi connectivity index (χ1) is 6.17. The van der Waals surface area contributed by atoms with Crippen LogP contribution in [0.1, 0.15) is 30.2 Å². The van der Waals surface area contributed by atoms with E-state index in [0.29, 0.717) is 10.9 Å². The minimum absolute atomic E-state index is 0.369. The molecule has 0 aliphatic carbocycles. The van der Waals surface area contributed by atoms with Crippen LogP contribution in [0.25, 0.3) is 0 Å². The number of hydrogen-bond donors (Lipinski definition) is 1. The fourth-order valence-electron chi connectivity index (χ4n) is 0.936. The lowest BCUT2D eigenvalue weighted by Gasteiger charge is -2.09. The molecule has 0 saturated heterocycles. The van der Waals surface area contributed by atoms with E-state index in [4.69, 9.17) is 5.26 Å². The van der Waals surface area contributed by atoms with Gasteiger partial charge in [-0.25, -0.2) is 4.98 Å². The molecule has 0 bridgehead atoms. The second kappa shape index (κ2) is 4.24. The van der Waals surface area contributed by atoms with Crippen molar-refractivity contribution in [2.45, 2.75) is 33.2 Å². The van der Waals surface area contributed by atoms with E-state index in [9.17, 15) is 0 Å². The van der Waals surface area contributed by atoms with Gasteiger partial charge in [0, 0.05) is 6.04 Å². The van der Waals surface area contributed by atoms with E-state index in [1.54, 1.807) is 0 Å². The topological polar surface area (TPSA) is 48.7 Å². The Hall–Kier alpha value is -1.08. The molecule has 70 valence electrons. The number of aromatic nitrogens is 1. The first kappa shape index (κ1) is 10.0. The SMILES string of the molecule is CCC(C)Nc1nc(C)sc1C#N. The number of nitrogens with zero attached hydrogens (tertiary/aromatic N) is 2. The number of nitrogens with one attached hydrogen (secondary N) is 1. The van der Waals surface area contributed by atoms with E-state index in [1.165, 1.54) is 11.3 Å². The molecule has 0 aliphatic heterocycles. The van der Waals surface area contributed by atoms with Crippen molar-refractivity contribution in [3.8, 4) is 6.07 Å². The van der Waals surface area contributed by atoms with E-state index in [0.717, 1.165) is 17.2 Å². The van der Waals surface area contributed by atoms with E-state index in [2.05, 4.69) is 30.2 Å². The highest BCUT2D eigenvalue weighted by Crippen LogP contribution is 2.22. The summed E-state index contributed by atoms with van der Waals surface area (Å²) in [7, 11) is 0. The van der Waals surface area contributed by atoms with E-state index < -0.39 is 0 Å². The van der Waals surface area contributed by atoms with Crippen molar-refractivity contribution in [3.05, 3.63) is 9.88 Å². The lowest BCUT2D eigenvalue weighted by molar-refractivity contribution is 0.759. The molecule has 0 amide bonds. The Bertz CT molecular complexity index is 324. The number of thiazole rings is 1. The number of hydrogen-bond acceptors (Lipinski definition) is 4. The quantitative estimate of drug-likeness (QED) is 0.806. The van der Waals surface area contributed by atoms with Crippen molar-refractivity contribution in [1.29, 1.82) is 5.26 Å². The van der Waals surface area contributed by atoms with Crippen LogP contribution in [0.4, 0.5) is 5.82 Å². The monoisotopic (exact) mass is 195 g/mol. The second-order valence-electron chi connectivity index (χ2n) is 2.98. The molecule has 1 unspecified atom stereocenters. The van der Waals surface area contributed by atoms with Crippen LogP contribution < -0.4 is 5.32 Å². The zero-order valence-electron chi connectivity index (χ0n) is 8.09. The Labute approximate surface area is 82.4 Å². The van der Waals surface area contributed by atoms with Gasteiger partial charge in [0.05, 0.1) is 5.01 Å². The Balaban J connectivity index is 2.82. The van der Waals surface area contributed by atoms with Gasteiger partial charge in [-0.05, 0) is 20.3 Å². The molecule has 1 aromatic heterocycles. The first-order valence-electron chi connectivity index (χ1n) is 4.31. The van der Waals surface area contributed by atoms with Crippen LogP contribution >= 0.6 is 11.3 Å². The van der Waals surface area contributed by atoms with Gasteiger partial charge in [0.15, 0.2) is 5.82 Å². The molecular weight excluding hydrogens is 182 g/mol. The highest BCUT2D eigenvalue weighted by atomic mass is 32.1. The lowest BCUT2D eigenvalue weighted by atomic mass is 10.2. The standard InChI is InChI=1S/C9H13N3S/c1-4-6(2)11-9-8(5-10)13-7(3)12-9/h6,11H,4H2,1-3H3. The fourth-order valence-corrected chi connectivity index (χ4v) is 1.62. The van der Waals surface area contributed by atoms with Gasteiger partial charge < -0.3 is 5.32 Å². The molecular formula is C9H13N3S. The summed E-state index contributed by atoms with van der Waals surface area (Å²) in [6, 6.07) is 2.51. The summed E-state index contributed by atoms with van der Waals surface area (Å²) >= 11 is 1.43. The van der Waals surface area contributed by atoms with Crippen molar-refractivity contribution in [2.75, 3.05) is 5.32 Å². The smallest absolute Gasteiger partial charge is 0.155 e. The number of anilines is 1. The molecule has 0 aliphatic rings. The Morgan fingerprint density at radius 1 is 1.69 bits per heavy atom. The molecule has 1 N–H and O–H groups in total. The maximum Gasteiger partial charge on any atom is 0.155 e. The van der Waals surface area contributed by atoms with Gasteiger partial charge in [-0.1, -0.05) is 6.92 Å². The predicted molar refractivity (Wildman–Crippen MR) is 54.9 cm³/mol. The highest BCUT2D eigenvalue weighted by molar-refractivity contribution is 7.12. The summed E-state index contributed by atoms with van der Waals surface area (Å²) in [5, 5.41) is 12.9. The highest BCUT2D eigenvalue weighted by Gasteiger charge is 2.09. The minimum Gasteiger partial charge on any atom is -0.366 e. The van der Waals surface area contributed by atoms with Gasteiger partial charge in [-0.3, -0.25) is 0 Å². The van der Waals surface area contributed by atoms with Gasteiger partial charge in [0.25, 0.3) is 0 Å². The van der Waals surface area contributed by atoms with Gasteiger partial charge in [-0.2, -0.15) is 5.26 Å². The minimum atomic E-state index is 0.369. The van der Waals surface area contributed by atoms with Crippen molar-refractivity contribution in [1.82, 2.24) is 4.98 Å². The van der Waals surface area contributed by atoms with E-state index in [-0.39, 0.29) is 0 Å². The third-order valence-electron chi connectivity index (χ3n) is 1.83. The number of nitriles is 1. The van der Waals surface area contributed by atoms with E-state index in [1.807, 2.05) is 6.92 Å². The van der Waals surface area contributed by atoms with Crippen molar-refractivity contribution < 1.29 is 0 Å². The fraction of sp³-hybridized carbons (Fsp3) is 0.556. The van der Waals surface area contributed by atoms with Gasteiger partial charge in [0.2, 0.25) is 0 Å². The predicted octanol–water partition coefficient (Wildman–Crippen LogP) is 2.53. The number of aryl methyl sites for hydroxylation is 1. The summed E-state index contributed by atoms with van der Waals surface area (Å²) in [6.45, 7) is 6.09. The molecule has 3 nitrogen and oxygen atoms in total. The zero-order chi connectivity index (χ0) is 9.84. The molecule has 0 fully saturated rings. The molecule has 13 heavy (non-hydrogen) atoms. The summed E-state index contributed by atoms with van der Waals surface area (Å²) in [5.41, 5.74) is 0. The summed E-state index contributed by atoms with van der Waals surface area (Å²) in [6.07, 6.45) is 1.03. The third-order valence-corrected chi connectivity index (χ3v) is 2.71. The van der Waals surface area contributed by atoms with Crippen LogP contribution in [0.3, 0.4) is 0 Å². The Morgan fingerprint density at radius 2 is 2.38 bits per heavy atom. The van der Waals surface area contributed by atoms with Crippen molar-refractivity contribution in [3.63, 3.8) is 0 Å². The van der Waals surface area contributed by atoms with Gasteiger partial charge in [-0.15, -0.1) is 11.3 Å². The molecule has 1 atom stereocenters. The molecule has 0 radical (unpaired) electrons. The van der Waals surface area contributed by atoms with Crippen LogP contribution in [-0.4, -0.2) is 11.0 Å². The summed E-state index contributed by atoms with van der Waals surface area (Å²) in [5.74, 6) is 0.736. The van der Waals surface area contributed by atoms with E-state index >= 15 is 0 Å². The van der Waals surface area contributed by atoms with Gasteiger partial charge >= 0.3 is 0 Å². The molecule has 0 saturated carbocycles. The average molecular weight is 195 g/mol. The summed E-state index contributed by atoms with van der Waals surface area (Å²) in [4.78, 5) is 4.93. The molecule has 0 aromatic carbocycles. The van der Waals surface area contributed by atoms with Crippen molar-refractivity contribution in [2.24, 2.45) is 0 Å². The molecule has 0 spiro atoms. The van der Waals surface area contributed by atoms with Crippen LogP contribution in [-0.2, 0) is 0 Å². The normalized spacial score (nSPS) is 12.2. The molecule has 4 heteroatoms.